The molecule has 1 fully saturated rings. The number of piperidine rings is 1. The highest BCUT2D eigenvalue weighted by Gasteiger charge is 2.30. The second-order valence-electron chi connectivity index (χ2n) is 6.68. The molecule has 0 radical (unpaired) electrons. The van der Waals surface area contributed by atoms with Gasteiger partial charge in [-0.25, -0.2) is 4.39 Å². The molecule has 0 spiro atoms. The minimum absolute atomic E-state index is 0.0912. The Morgan fingerprint density at radius 2 is 2.00 bits per heavy atom. The van der Waals surface area contributed by atoms with Gasteiger partial charge in [0.1, 0.15) is 5.82 Å². The van der Waals surface area contributed by atoms with Crippen molar-refractivity contribution in [2.45, 2.75) is 25.8 Å². The van der Waals surface area contributed by atoms with Crippen molar-refractivity contribution in [2.75, 3.05) is 25.0 Å². The normalized spacial score (nSPS) is 18.5. The van der Waals surface area contributed by atoms with E-state index in [1.165, 1.54) is 12.1 Å². The summed E-state index contributed by atoms with van der Waals surface area (Å²) in [6.07, 6.45) is 1.76. The van der Waals surface area contributed by atoms with Crippen LogP contribution in [0.25, 0.3) is 0 Å². The van der Waals surface area contributed by atoms with E-state index in [1.807, 2.05) is 13.0 Å². The molecule has 1 amide bonds. The summed E-state index contributed by atoms with van der Waals surface area (Å²) in [4.78, 5) is 16.8. The van der Waals surface area contributed by atoms with Gasteiger partial charge in [0.2, 0.25) is 5.91 Å². The van der Waals surface area contributed by atoms with E-state index in [-0.39, 0.29) is 23.7 Å². The van der Waals surface area contributed by atoms with Crippen LogP contribution in [0.3, 0.4) is 0 Å². The lowest BCUT2D eigenvalue weighted by molar-refractivity contribution is -0.136. The van der Waals surface area contributed by atoms with Crippen molar-refractivity contribution >= 4 is 23.3 Å². The molecule has 5 nitrogen and oxygen atoms in total. The lowest BCUT2D eigenvalue weighted by atomic mass is 9.95. The van der Waals surface area contributed by atoms with Gasteiger partial charge >= 0.3 is 0 Å². The van der Waals surface area contributed by atoms with E-state index in [4.69, 9.17) is 11.6 Å². The predicted molar refractivity (Wildman–Crippen MR) is 99.6 cm³/mol. The number of halogens is 2. The number of carbonyl (C=O) groups excluding carboxylic acids is 1. The second-order valence-corrected chi connectivity index (χ2v) is 7.06. The Hall–Kier alpha value is -2.21. The Morgan fingerprint density at radius 3 is 2.65 bits per heavy atom. The summed E-state index contributed by atoms with van der Waals surface area (Å²) in [6, 6.07) is 9.71. The molecule has 26 heavy (non-hydrogen) atoms. The van der Waals surface area contributed by atoms with Gasteiger partial charge in [-0.1, -0.05) is 23.7 Å². The van der Waals surface area contributed by atoms with Gasteiger partial charge in [0.15, 0.2) is 11.0 Å². The van der Waals surface area contributed by atoms with E-state index in [0.29, 0.717) is 11.7 Å². The number of hydrogen-bond donors (Lipinski definition) is 0. The first-order valence-electron chi connectivity index (χ1n) is 8.72. The zero-order valence-corrected chi connectivity index (χ0v) is 15.7. The first kappa shape index (κ1) is 18.6. The molecule has 3 rings (SSSR count). The van der Waals surface area contributed by atoms with Crippen LogP contribution >= 0.6 is 11.6 Å². The van der Waals surface area contributed by atoms with Crippen molar-refractivity contribution in [1.82, 2.24) is 15.1 Å². The fourth-order valence-corrected chi connectivity index (χ4v) is 3.41. The fourth-order valence-electron chi connectivity index (χ4n) is 3.31. The van der Waals surface area contributed by atoms with Gasteiger partial charge in [-0.15, -0.1) is 10.2 Å². The van der Waals surface area contributed by atoms with E-state index in [2.05, 4.69) is 15.1 Å². The highest BCUT2D eigenvalue weighted by Crippen LogP contribution is 2.26. The summed E-state index contributed by atoms with van der Waals surface area (Å²) in [5.74, 6) is 0.450. The van der Waals surface area contributed by atoms with Crippen molar-refractivity contribution in [3.63, 3.8) is 0 Å². The Balaban J connectivity index is 1.68. The standard InChI is InChI=1S/C19H22ClFN4O/c1-13(14-5-7-16(21)8-6-14)24(2)19(26)15-4-3-11-25(12-15)18-10-9-17(20)22-23-18/h5-10,13,15H,3-4,11-12H2,1-2H3. The number of benzene rings is 1. The molecule has 0 N–H and O–H groups in total. The zero-order valence-electron chi connectivity index (χ0n) is 14.9. The molecule has 138 valence electrons. The van der Waals surface area contributed by atoms with E-state index < -0.39 is 0 Å². The summed E-state index contributed by atoms with van der Waals surface area (Å²) in [7, 11) is 1.80. The minimum Gasteiger partial charge on any atom is -0.354 e. The molecule has 0 bridgehead atoms. The summed E-state index contributed by atoms with van der Waals surface area (Å²) < 4.78 is 13.1. The van der Waals surface area contributed by atoms with Gasteiger partial charge in [0.05, 0.1) is 12.0 Å². The molecule has 2 aromatic rings. The number of rotatable bonds is 4. The van der Waals surface area contributed by atoms with Gasteiger partial charge in [-0.3, -0.25) is 4.79 Å². The van der Waals surface area contributed by atoms with Gasteiger partial charge in [-0.2, -0.15) is 0 Å². The van der Waals surface area contributed by atoms with Crippen LogP contribution in [-0.2, 0) is 4.79 Å². The van der Waals surface area contributed by atoms with Crippen LogP contribution in [0.4, 0.5) is 10.2 Å². The molecule has 2 atom stereocenters. The highest BCUT2D eigenvalue weighted by molar-refractivity contribution is 6.29. The largest absolute Gasteiger partial charge is 0.354 e. The molecular formula is C19H22ClFN4O. The fraction of sp³-hybridized carbons (Fsp3) is 0.421. The molecule has 0 saturated carbocycles. The molecule has 1 aromatic carbocycles. The molecule has 2 unspecified atom stereocenters. The number of amides is 1. The van der Waals surface area contributed by atoms with Crippen molar-refractivity contribution in [3.05, 3.63) is 52.9 Å². The van der Waals surface area contributed by atoms with Crippen LogP contribution in [0.5, 0.6) is 0 Å². The van der Waals surface area contributed by atoms with Crippen LogP contribution in [-0.4, -0.2) is 41.1 Å². The minimum atomic E-state index is -0.276. The molecule has 1 aliphatic rings. The van der Waals surface area contributed by atoms with Gasteiger partial charge in [0.25, 0.3) is 0 Å². The van der Waals surface area contributed by atoms with Gasteiger partial charge < -0.3 is 9.80 Å². The number of carbonyl (C=O) groups is 1. The van der Waals surface area contributed by atoms with Crippen molar-refractivity contribution in [1.29, 1.82) is 0 Å². The van der Waals surface area contributed by atoms with Crippen molar-refractivity contribution in [3.8, 4) is 0 Å². The Morgan fingerprint density at radius 1 is 1.27 bits per heavy atom. The average molecular weight is 377 g/mol. The Kier molecular flexibility index (Phi) is 5.71. The van der Waals surface area contributed by atoms with Crippen LogP contribution < -0.4 is 4.90 Å². The molecule has 1 saturated heterocycles. The Bertz CT molecular complexity index is 753. The monoisotopic (exact) mass is 376 g/mol. The van der Waals surface area contributed by atoms with Crippen molar-refractivity contribution < 1.29 is 9.18 Å². The average Bonchev–Trinajstić information content (AvgIpc) is 2.67. The first-order chi connectivity index (χ1) is 12.5. The maximum atomic E-state index is 13.1. The van der Waals surface area contributed by atoms with Gasteiger partial charge in [-0.05, 0) is 49.6 Å². The van der Waals surface area contributed by atoms with E-state index >= 15 is 0 Å². The van der Waals surface area contributed by atoms with E-state index in [0.717, 1.165) is 30.8 Å². The molecule has 2 heterocycles. The quantitative estimate of drug-likeness (QED) is 0.816. The lowest BCUT2D eigenvalue weighted by Gasteiger charge is -2.36. The van der Waals surface area contributed by atoms with Crippen LogP contribution in [0, 0.1) is 11.7 Å². The van der Waals surface area contributed by atoms with Gasteiger partial charge in [0, 0.05) is 20.1 Å². The third kappa shape index (κ3) is 4.12. The molecular weight excluding hydrogens is 355 g/mol. The molecule has 1 aromatic heterocycles. The number of anilines is 1. The van der Waals surface area contributed by atoms with Crippen molar-refractivity contribution in [2.24, 2.45) is 5.92 Å². The zero-order chi connectivity index (χ0) is 18.7. The predicted octanol–water partition coefficient (Wildman–Crippen LogP) is 3.71. The summed E-state index contributed by atoms with van der Waals surface area (Å²) in [5, 5.41) is 8.35. The number of aromatic nitrogens is 2. The third-order valence-electron chi connectivity index (χ3n) is 4.99. The van der Waals surface area contributed by atoms with Crippen LogP contribution in [0.15, 0.2) is 36.4 Å². The first-order valence-corrected chi connectivity index (χ1v) is 9.10. The number of nitrogens with zero attached hydrogens (tertiary/aromatic N) is 4. The summed E-state index contributed by atoms with van der Waals surface area (Å²) in [6.45, 7) is 3.41. The summed E-state index contributed by atoms with van der Waals surface area (Å²) in [5.41, 5.74) is 0.915. The van der Waals surface area contributed by atoms with E-state index in [9.17, 15) is 9.18 Å². The summed E-state index contributed by atoms with van der Waals surface area (Å²) >= 11 is 5.80. The topological polar surface area (TPSA) is 49.3 Å². The smallest absolute Gasteiger partial charge is 0.227 e. The van der Waals surface area contributed by atoms with Crippen LogP contribution in [0.1, 0.15) is 31.4 Å². The maximum Gasteiger partial charge on any atom is 0.227 e. The highest BCUT2D eigenvalue weighted by atomic mass is 35.5. The van der Waals surface area contributed by atoms with Crippen LogP contribution in [0.2, 0.25) is 5.15 Å². The third-order valence-corrected chi connectivity index (χ3v) is 5.20. The number of hydrogen-bond acceptors (Lipinski definition) is 4. The Labute approximate surface area is 157 Å². The second kappa shape index (κ2) is 7.99. The molecule has 1 aliphatic heterocycles. The maximum absolute atomic E-state index is 13.1. The van der Waals surface area contributed by atoms with E-state index in [1.54, 1.807) is 30.1 Å². The SMILES string of the molecule is CC(c1ccc(F)cc1)N(C)C(=O)C1CCCN(c2ccc(Cl)nn2)C1. The lowest BCUT2D eigenvalue weighted by Crippen LogP contribution is -2.44. The molecule has 7 heteroatoms. The molecule has 0 aliphatic carbocycles.